The second-order valence-corrected chi connectivity index (χ2v) is 1.81. The van der Waals surface area contributed by atoms with Crippen LogP contribution in [0.5, 0.6) is 0 Å². The number of rotatable bonds is 4. The van der Waals surface area contributed by atoms with E-state index in [4.69, 9.17) is 0 Å². The van der Waals surface area contributed by atoms with Crippen molar-refractivity contribution in [1.82, 2.24) is 0 Å². The van der Waals surface area contributed by atoms with Crippen molar-refractivity contribution in [3.63, 3.8) is 0 Å². The summed E-state index contributed by atoms with van der Waals surface area (Å²) in [5, 5.41) is 0. The molecule has 0 aromatic heterocycles. The summed E-state index contributed by atoms with van der Waals surface area (Å²) >= 11 is 0. The highest BCUT2D eigenvalue weighted by molar-refractivity contribution is 6.36. The zero-order valence-corrected chi connectivity index (χ0v) is 5.52. The monoisotopic (exact) mass is 126 g/mol. The molecule has 0 saturated heterocycles. The van der Waals surface area contributed by atoms with E-state index < -0.39 is 0 Å². The van der Waals surface area contributed by atoms with Crippen LogP contribution in [0.1, 0.15) is 19.8 Å². The summed E-state index contributed by atoms with van der Waals surface area (Å²) in [5.74, 6) is -0.674. The number of ketones is 2. The molecule has 0 unspecified atom stereocenters. The Morgan fingerprint density at radius 2 is 2.11 bits per heavy atom. The molecule has 0 aromatic rings. The van der Waals surface area contributed by atoms with Crippen molar-refractivity contribution >= 4 is 11.6 Å². The van der Waals surface area contributed by atoms with Gasteiger partial charge in [-0.3, -0.25) is 9.59 Å². The van der Waals surface area contributed by atoms with Gasteiger partial charge in [0.2, 0.25) is 0 Å². The van der Waals surface area contributed by atoms with E-state index in [2.05, 4.69) is 6.58 Å². The lowest BCUT2D eigenvalue weighted by Gasteiger charge is -1.88. The van der Waals surface area contributed by atoms with Gasteiger partial charge in [0.05, 0.1) is 0 Å². The Morgan fingerprint density at radius 1 is 1.56 bits per heavy atom. The average Bonchev–Trinajstić information content (AvgIpc) is 1.82. The van der Waals surface area contributed by atoms with Crippen molar-refractivity contribution in [3.05, 3.63) is 12.7 Å². The molecule has 0 spiro atoms. The molecule has 0 aromatic carbocycles. The standard InChI is InChI=1S/C7H10O2/c1-3-4-5-7(9)6(2)8/h3H,1,4-5H2,2H3. The summed E-state index contributed by atoms with van der Waals surface area (Å²) in [5.41, 5.74) is 0. The Labute approximate surface area is 54.6 Å². The van der Waals surface area contributed by atoms with Gasteiger partial charge in [-0.1, -0.05) is 6.08 Å². The molecule has 0 rings (SSSR count). The SMILES string of the molecule is C=CCCC(=O)C(C)=O. The number of allylic oxidation sites excluding steroid dienone is 1. The van der Waals surface area contributed by atoms with E-state index in [-0.39, 0.29) is 11.6 Å². The highest BCUT2D eigenvalue weighted by atomic mass is 16.2. The van der Waals surface area contributed by atoms with Gasteiger partial charge in [0, 0.05) is 13.3 Å². The predicted octanol–water partition coefficient (Wildman–Crippen LogP) is 1.11. The van der Waals surface area contributed by atoms with Crippen molar-refractivity contribution < 1.29 is 9.59 Å². The first-order chi connectivity index (χ1) is 4.18. The Morgan fingerprint density at radius 3 is 2.44 bits per heavy atom. The molecule has 0 fully saturated rings. The third-order valence-electron chi connectivity index (χ3n) is 0.968. The second kappa shape index (κ2) is 4.01. The van der Waals surface area contributed by atoms with Gasteiger partial charge in [-0.25, -0.2) is 0 Å². The van der Waals surface area contributed by atoms with Crippen LogP contribution in [0.2, 0.25) is 0 Å². The van der Waals surface area contributed by atoms with Crippen LogP contribution in [0.15, 0.2) is 12.7 Å². The summed E-state index contributed by atoms with van der Waals surface area (Å²) in [4.78, 5) is 20.8. The molecule has 2 nitrogen and oxygen atoms in total. The molecule has 0 bridgehead atoms. The molecule has 50 valence electrons. The van der Waals surface area contributed by atoms with Crippen LogP contribution in [0.25, 0.3) is 0 Å². The first kappa shape index (κ1) is 8.08. The summed E-state index contributed by atoms with van der Waals surface area (Å²) in [6.45, 7) is 4.71. The molecule has 0 saturated carbocycles. The molecule has 0 N–H and O–H groups in total. The van der Waals surface area contributed by atoms with Crippen LogP contribution in [0.3, 0.4) is 0 Å². The number of carbonyl (C=O) groups is 2. The van der Waals surface area contributed by atoms with Crippen LogP contribution in [0, 0.1) is 0 Å². The number of carbonyl (C=O) groups excluding carboxylic acids is 2. The molecule has 0 radical (unpaired) electrons. The molecule has 0 atom stereocenters. The van der Waals surface area contributed by atoms with Gasteiger partial charge in [0.25, 0.3) is 0 Å². The third kappa shape index (κ3) is 3.64. The number of Topliss-reactive ketones (excluding diaryl/α,β-unsaturated/α-hetero) is 2. The first-order valence-corrected chi connectivity index (χ1v) is 2.83. The lowest BCUT2D eigenvalue weighted by molar-refractivity contribution is -0.135. The fraction of sp³-hybridized carbons (Fsp3) is 0.429. The third-order valence-corrected chi connectivity index (χ3v) is 0.968. The summed E-state index contributed by atoms with van der Waals surface area (Å²) in [6.07, 6.45) is 2.53. The molecule has 0 heterocycles. The molecular formula is C7H10O2. The van der Waals surface area contributed by atoms with E-state index in [0.717, 1.165) is 0 Å². The van der Waals surface area contributed by atoms with Gasteiger partial charge in [0.15, 0.2) is 11.6 Å². The van der Waals surface area contributed by atoms with Crippen molar-refractivity contribution in [2.24, 2.45) is 0 Å². The molecule has 2 heteroatoms. The number of hydrogen-bond donors (Lipinski definition) is 0. The van der Waals surface area contributed by atoms with Crippen LogP contribution >= 0.6 is 0 Å². The van der Waals surface area contributed by atoms with Gasteiger partial charge < -0.3 is 0 Å². The quantitative estimate of drug-likeness (QED) is 0.417. The van der Waals surface area contributed by atoms with Crippen molar-refractivity contribution in [2.45, 2.75) is 19.8 Å². The highest BCUT2D eigenvalue weighted by Gasteiger charge is 2.04. The van der Waals surface area contributed by atoms with Crippen LogP contribution in [0.4, 0.5) is 0 Å². The van der Waals surface area contributed by atoms with Gasteiger partial charge in [-0.05, 0) is 6.42 Å². The predicted molar refractivity (Wildman–Crippen MR) is 35.1 cm³/mol. The fourth-order valence-electron chi connectivity index (χ4n) is 0.409. The molecule has 9 heavy (non-hydrogen) atoms. The lowest BCUT2D eigenvalue weighted by Crippen LogP contribution is -2.07. The highest BCUT2D eigenvalue weighted by Crippen LogP contribution is 1.91. The summed E-state index contributed by atoms with van der Waals surface area (Å²) in [7, 11) is 0. The van der Waals surface area contributed by atoms with E-state index in [1.165, 1.54) is 6.92 Å². The molecule has 0 aliphatic carbocycles. The van der Waals surface area contributed by atoms with Gasteiger partial charge in [-0.2, -0.15) is 0 Å². The smallest absolute Gasteiger partial charge is 0.198 e. The van der Waals surface area contributed by atoms with Crippen molar-refractivity contribution in [3.8, 4) is 0 Å². The summed E-state index contributed by atoms with van der Waals surface area (Å²) in [6, 6.07) is 0. The Bertz CT molecular complexity index is 136. The van der Waals surface area contributed by atoms with E-state index >= 15 is 0 Å². The number of hydrogen-bond acceptors (Lipinski definition) is 2. The minimum absolute atomic E-state index is 0.304. The topological polar surface area (TPSA) is 34.1 Å². The lowest BCUT2D eigenvalue weighted by atomic mass is 10.2. The molecule has 0 aliphatic heterocycles. The summed E-state index contributed by atoms with van der Waals surface area (Å²) < 4.78 is 0. The first-order valence-electron chi connectivity index (χ1n) is 2.83. The minimum atomic E-state index is -0.364. The maximum atomic E-state index is 10.5. The average molecular weight is 126 g/mol. The zero-order valence-electron chi connectivity index (χ0n) is 5.52. The van der Waals surface area contributed by atoms with Crippen LogP contribution in [-0.4, -0.2) is 11.6 Å². The van der Waals surface area contributed by atoms with Crippen LogP contribution < -0.4 is 0 Å². The van der Waals surface area contributed by atoms with Crippen LogP contribution in [-0.2, 0) is 9.59 Å². The maximum Gasteiger partial charge on any atom is 0.198 e. The van der Waals surface area contributed by atoms with E-state index in [9.17, 15) is 9.59 Å². The van der Waals surface area contributed by atoms with Gasteiger partial charge in [-0.15, -0.1) is 6.58 Å². The zero-order chi connectivity index (χ0) is 7.28. The molecular weight excluding hydrogens is 116 g/mol. The van der Waals surface area contributed by atoms with E-state index in [1.54, 1.807) is 6.08 Å². The largest absolute Gasteiger partial charge is 0.291 e. The Hall–Kier alpha value is -0.920. The molecule has 0 aliphatic rings. The van der Waals surface area contributed by atoms with Gasteiger partial charge in [0.1, 0.15) is 0 Å². The van der Waals surface area contributed by atoms with Gasteiger partial charge >= 0.3 is 0 Å². The molecule has 0 amide bonds. The Balaban J connectivity index is 3.51. The van der Waals surface area contributed by atoms with Crippen molar-refractivity contribution in [1.29, 1.82) is 0 Å². The fourth-order valence-corrected chi connectivity index (χ4v) is 0.409. The van der Waals surface area contributed by atoms with E-state index in [0.29, 0.717) is 12.8 Å². The van der Waals surface area contributed by atoms with Crippen molar-refractivity contribution in [2.75, 3.05) is 0 Å². The minimum Gasteiger partial charge on any atom is -0.291 e. The van der Waals surface area contributed by atoms with E-state index in [1.807, 2.05) is 0 Å². The normalized spacial score (nSPS) is 8.56. The maximum absolute atomic E-state index is 10.5. The Kier molecular flexibility index (Phi) is 3.60. The second-order valence-electron chi connectivity index (χ2n) is 1.81.